The predicted molar refractivity (Wildman–Crippen MR) is 79.9 cm³/mol. The van der Waals surface area contributed by atoms with E-state index in [0.29, 0.717) is 0 Å². The van der Waals surface area contributed by atoms with Crippen molar-refractivity contribution in [3.8, 4) is 5.69 Å². The normalized spacial score (nSPS) is 11.8. The Morgan fingerprint density at radius 1 is 1.32 bits per heavy atom. The number of benzene rings is 1. The van der Waals surface area contributed by atoms with E-state index in [4.69, 9.17) is 11.6 Å². The largest absolute Gasteiger partial charge is 0.308 e. The summed E-state index contributed by atoms with van der Waals surface area (Å²) in [5, 5.41) is 8.60. The summed E-state index contributed by atoms with van der Waals surface area (Å²) in [7, 11) is 0. The van der Waals surface area contributed by atoms with E-state index in [1.165, 1.54) is 0 Å². The molecule has 1 aromatic heterocycles. The van der Waals surface area contributed by atoms with Crippen molar-refractivity contribution in [2.75, 3.05) is 0 Å². The topological polar surface area (TPSA) is 29.9 Å². The van der Waals surface area contributed by atoms with Crippen molar-refractivity contribution in [1.82, 2.24) is 15.1 Å². The Hall–Kier alpha value is -1.32. The molecule has 1 aromatic carbocycles. The SMILES string of the molecule is Cc1cnn(-c2ccc(Cl)cc2CNC(C)(C)C)c1. The van der Waals surface area contributed by atoms with Crippen molar-refractivity contribution < 1.29 is 0 Å². The number of aromatic nitrogens is 2. The Labute approximate surface area is 119 Å². The lowest BCUT2D eigenvalue weighted by Gasteiger charge is -2.21. The molecule has 19 heavy (non-hydrogen) atoms. The molecule has 0 fully saturated rings. The molecular weight excluding hydrogens is 258 g/mol. The Kier molecular flexibility index (Phi) is 3.97. The summed E-state index contributed by atoms with van der Waals surface area (Å²) >= 11 is 6.10. The highest BCUT2D eigenvalue weighted by atomic mass is 35.5. The molecule has 0 saturated heterocycles. The minimum Gasteiger partial charge on any atom is -0.308 e. The van der Waals surface area contributed by atoms with Crippen LogP contribution in [-0.2, 0) is 6.54 Å². The zero-order valence-electron chi connectivity index (χ0n) is 11.9. The fourth-order valence-electron chi connectivity index (χ4n) is 1.82. The highest BCUT2D eigenvalue weighted by Gasteiger charge is 2.12. The molecule has 4 heteroatoms. The van der Waals surface area contributed by atoms with Gasteiger partial charge < -0.3 is 5.32 Å². The molecule has 0 unspecified atom stereocenters. The van der Waals surface area contributed by atoms with Gasteiger partial charge in [0.1, 0.15) is 0 Å². The molecule has 0 bridgehead atoms. The standard InChI is InChI=1S/C15H20ClN3/c1-11-8-18-19(10-11)14-6-5-13(16)7-12(14)9-17-15(2,3)4/h5-8,10,17H,9H2,1-4H3. The number of halogens is 1. The van der Waals surface area contributed by atoms with E-state index in [2.05, 4.69) is 31.2 Å². The third-order valence-electron chi connectivity index (χ3n) is 2.81. The first-order valence-corrected chi connectivity index (χ1v) is 6.78. The summed E-state index contributed by atoms with van der Waals surface area (Å²) in [4.78, 5) is 0. The van der Waals surface area contributed by atoms with Crippen molar-refractivity contribution in [3.05, 3.63) is 46.7 Å². The van der Waals surface area contributed by atoms with E-state index in [9.17, 15) is 0 Å². The zero-order valence-corrected chi connectivity index (χ0v) is 12.6. The van der Waals surface area contributed by atoms with Gasteiger partial charge in [0.25, 0.3) is 0 Å². The molecule has 1 heterocycles. The minimum atomic E-state index is 0.0691. The summed E-state index contributed by atoms with van der Waals surface area (Å²) < 4.78 is 1.89. The van der Waals surface area contributed by atoms with Crippen LogP contribution in [0, 0.1) is 6.92 Å². The maximum Gasteiger partial charge on any atom is 0.0691 e. The number of rotatable bonds is 3. The van der Waals surface area contributed by atoms with Gasteiger partial charge in [-0.1, -0.05) is 11.6 Å². The van der Waals surface area contributed by atoms with Gasteiger partial charge in [-0.15, -0.1) is 0 Å². The molecule has 0 aliphatic carbocycles. The molecule has 0 spiro atoms. The van der Waals surface area contributed by atoms with Gasteiger partial charge in [0.05, 0.1) is 11.9 Å². The van der Waals surface area contributed by atoms with Crippen LogP contribution in [0.3, 0.4) is 0 Å². The van der Waals surface area contributed by atoms with Gasteiger partial charge in [0, 0.05) is 23.3 Å². The number of nitrogens with one attached hydrogen (secondary N) is 1. The molecule has 0 aliphatic heterocycles. The van der Waals surface area contributed by atoms with Crippen LogP contribution < -0.4 is 5.32 Å². The van der Waals surface area contributed by atoms with Crippen LogP contribution >= 0.6 is 11.6 Å². The second-order valence-corrected chi connectivity index (χ2v) is 6.28. The highest BCUT2D eigenvalue weighted by molar-refractivity contribution is 6.30. The van der Waals surface area contributed by atoms with Crippen molar-refractivity contribution >= 4 is 11.6 Å². The first-order chi connectivity index (χ1) is 8.85. The van der Waals surface area contributed by atoms with E-state index in [0.717, 1.165) is 28.4 Å². The lowest BCUT2D eigenvalue weighted by atomic mass is 10.1. The molecule has 0 radical (unpaired) electrons. The van der Waals surface area contributed by atoms with Crippen molar-refractivity contribution in [1.29, 1.82) is 0 Å². The molecule has 102 valence electrons. The molecular formula is C15H20ClN3. The number of nitrogens with zero attached hydrogens (tertiary/aromatic N) is 2. The number of hydrogen-bond donors (Lipinski definition) is 1. The Balaban J connectivity index is 2.33. The molecule has 3 nitrogen and oxygen atoms in total. The zero-order chi connectivity index (χ0) is 14.0. The van der Waals surface area contributed by atoms with Crippen molar-refractivity contribution in [2.24, 2.45) is 0 Å². The molecule has 0 atom stereocenters. The maximum absolute atomic E-state index is 6.10. The summed E-state index contributed by atoms with van der Waals surface area (Å²) in [6.07, 6.45) is 3.87. The van der Waals surface area contributed by atoms with Crippen LogP contribution in [0.15, 0.2) is 30.6 Å². The Morgan fingerprint density at radius 2 is 2.05 bits per heavy atom. The number of hydrogen-bond acceptors (Lipinski definition) is 2. The van der Waals surface area contributed by atoms with Crippen LogP contribution in [0.25, 0.3) is 5.69 Å². The average Bonchev–Trinajstić information content (AvgIpc) is 2.72. The minimum absolute atomic E-state index is 0.0691. The molecule has 0 amide bonds. The quantitative estimate of drug-likeness (QED) is 0.927. The summed E-state index contributed by atoms with van der Waals surface area (Å²) in [6, 6.07) is 5.90. The Bertz CT molecular complexity index is 567. The van der Waals surface area contributed by atoms with E-state index in [1.807, 2.05) is 42.2 Å². The van der Waals surface area contributed by atoms with Gasteiger partial charge in [-0.3, -0.25) is 0 Å². The van der Waals surface area contributed by atoms with Crippen LogP contribution in [0.4, 0.5) is 0 Å². The second kappa shape index (κ2) is 5.35. The maximum atomic E-state index is 6.10. The summed E-state index contributed by atoms with van der Waals surface area (Å²) in [5.41, 5.74) is 3.42. The fraction of sp³-hybridized carbons (Fsp3) is 0.400. The second-order valence-electron chi connectivity index (χ2n) is 5.84. The fourth-order valence-corrected chi connectivity index (χ4v) is 2.02. The van der Waals surface area contributed by atoms with E-state index < -0.39 is 0 Å². The van der Waals surface area contributed by atoms with E-state index >= 15 is 0 Å². The molecule has 0 aliphatic rings. The van der Waals surface area contributed by atoms with Gasteiger partial charge >= 0.3 is 0 Å². The first kappa shape index (κ1) is 14.1. The van der Waals surface area contributed by atoms with E-state index in [1.54, 1.807) is 0 Å². The lowest BCUT2D eigenvalue weighted by molar-refractivity contribution is 0.424. The van der Waals surface area contributed by atoms with Gasteiger partial charge in [0.2, 0.25) is 0 Å². The predicted octanol–water partition coefficient (Wildman–Crippen LogP) is 3.72. The van der Waals surface area contributed by atoms with Crippen LogP contribution in [-0.4, -0.2) is 15.3 Å². The monoisotopic (exact) mass is 277 g/mol. The van der Waals surface area contributed by atoms with Crippen LogP contribution in [0.5, 0.6) is 0 Å². The first-order valence-electron chi connectivity index (χ1n) is 6.40. The third-order valence-corrected chi connectivity index (χ3v) is 3.04. The molecule has 2 rings (SSSR count). The van der Waals surface area contributed by atoms with Crippen molar-refractivity contribution in [2.45, 2.75) is 39.8 Å². The summed E-state index contributed by atoms with van der Waals surface area (Å²) in [6.45, 7) is 9.24. The van der Waals surface area contributed by atoms with Crippen LogP contribution in [0.1, 0.15) is 31.9 Å². The molecule has 1 N–H and O–H groups in total. The van der Waals surface area contributed by atoms with Crippen molar-refractivity contribution in [3.63, 3.8) is 0 Å². The van der Waals surface area contributed by atoms with E-state index in [-0.39, 0.29) is 5.54 Å². The molecule has 0 saturated carbocycles. The van der Waals surface area contributed by atoms with Gasteiger partial charge in [0.15, 0.2) is 0 Å². The lowest BCUT2D eigenvalue weighted by Crippen LogP contribution is -2.35. The number of aryl methyl sites for hydroxylation is 1. The van der Waals surface area contributed by atoms with Gasteiger partial charge in [-0.05, 0) is 57.0 Å². The van der Waals surface area contributed by atoms with Crippen LogP contribution in [0.2, 0.25) is 5.02 Å². The highest BCUT2D eigenvalue weighted by Crippen LogP contribution is 2.20. The summed E-state index contributed by atoms with van der Waals surface area (Å²) in [5.74, 6) is 0. The van der Waals surface area contributed by atoms with Gasteiger partial charge in [-0.25, -0.2) is 4.68 Å². The average molecular weight is 278 g/mol. The Morgan fingerprint density at radius 3 is 2.63 bits per heavy atom. The smallest absolute Gasteiger partial charge is 0.0691 e. The third kappa shape index (κ3) is 3.82. The van der Waals surface area contributed by atoms with Gasteiger partial charge in [-0.2, -0.15) is 5.10 Å². The molecule has 2 aromatic rings.